The van der Waals surface area contributed by atoms with Crippen LogP contribution in [0.4, 0.5) is 0 Å². The van der Waals surface area contributed by atoms with Crippen molar-refractivity contribution < 1.29 is 24.1 Å². The monoisotopic (exact) mass is 440 g/mol. The third-order valence-electron chi connectivity index (χ3n) is 5.77. The molecule has 178 valence electrons. The third-order valence-corrected chi connectivity index (χ3v) is 5.77. The number of carbonyl (C=O) groups excluding carboxylic acids is 3. The van der Waals surface area contributed by atoms with Crippen LogP contribution in [0.2, 0.25) is 0 Å². The standard InChI is InChI=1S/C22H40N4O5/c1-14(2)12-24-19(27)16-13-23-11-10-18(16)30-25-20(28)15-8-6-7-9-17(15)31-26-21(29)22(3,4)5/h14-18,23H,6-13H2,1-5H3,(H,24,27)(H,25,28)(H,26,29)/t15-,16-,17-,18-/m1/s1. The largest absolute Gasteiger partial charge is 0.355 e. The lowest BCUT2D eigenvalue weighted by Crippen LogP contribution is -2.52. The summed E-state index contributed by atoms with van der Waals surface area (Å²) in [6.07, 6.45) is 3.05. The molecule has 2 aliphatic rings. The minimum absolute atomic E-state index is 0.0658. The highest BCUT2D eigenvalue weighted by Crippen LogP contribution is 2.27. The van der Waals surface area contributed by atoms with E-state index in [1.165, 1.54) is 0 Å². The normalized spacial score (nSPS) is 26.9. The molecule has 0 radical (unpaired) electrons. The fraction of sp³-hybridized carbons (Fsp3) is 0.864. The molecule has 0 aromatic rings. The second-order valence-corrected chi connectivity index (χ2v) is 10.1. The van der Waals surface area contributed by atoms with E-state index >= 15 is 0 Å². The Morgan fingerprint density at radius 1 is 0.935 bits per heavy atom. The van der Waals surface area contributed by atoms with Crippen LogP contribution in [0.5, 0.6) is 0 Å². The zero-order valence-electron chi connectivity index (χ0n) is 19.6. The molecule has 0 aromatic heterocycles. The molecule has 2 fully saturated rings. The molecular formula is C22H40N4O5. The zero-order valence-corrected chi connectivity index (χ0v) is 19.6. The summed E-state index contributed by atoms with van der Waals surface area (Å²) in [6.45, 7) is 11.3. The van der Waals surface area contributed by atoms with E-state index < -0.39 is 17.4 Å². The number of piperidine rings is 1. The first-order valence-electron chi connectivity index (χ1n) is 11.5. The van der Waals surface area contributed by atoms with Gasteiger partial charge in [-0.15, -0.1) is 0 Å². The number of carbonyl (C=O) groups is 3. The van der Waals surface area contributed by atoms with E-state index in [9.17, 15) is 14.4 Å². The van der Waals surface area contributed by atoms with Crippen molar-refractivity contribution >= 4 is 17.7 Å². The second kappa shape index (κ2) is 11.8. The third kappa shape index (κ3) is 8.05. The Balaban J connectivity index is 1.89. The second-order valence-electron chi connectivity index (χ2n) is 10.1. The summed E-state index contributed by atoms with van der Waals surface area (Å²) in [5, 5.41) is 6.16. The number of amides is 3. The number of nitrogens with one attached hydrogen (secondary N) is 4. The first-order chi connectivity index (χ1) is 14.6. The van der Waals surface area contributed by atoms with Crippen LogP contribution in [0.25, 0.3) is 0 Å². The van der Waals surface area contributed by atoms with E-state index in [-0.39, 0.29) is 29.7 Å². The molecule has 1 saturated carbocycles. The van der Waals surface area contributed by atoms with Crippen LogP contribution in [-0.4, -0.2) is 49.6 Å². The van der Waals surface area contributed by atoms with E-state index in [0.29, 0.717) is 38.3 Å². The molecule has 0 bridgehead atoms. The molecule has 3 amide bonds. The van der Waals surface area contributed by atoms with Crippen LogP contribution in [0.15, 0.2) is 0 Å². The Bertz CT molecular complexity index is 620. The fourth-order valence-corrected chi connectivity index (χ4v) is 3.70. The highest BCUT2D eigenvalue weighted by Gasteiger charge is 2.36. The highest BCUT2D eigenvalue weighted by molar-refractivity contribution is 5.81. The van der Waals surface area contributed by atoms with Crippen LogP contribution < -0.4 is 21.6 Å². The quantitative estimate of drug-likeness (QED) is 0.424. The Hall–Kier alpha value is -1.71. The Morgan fingerprint density at radius 3 is 2.26 bits per heavy atom. The Kier molecular flexibility index (Phi) is 9.71. The smallest absolute Gasteiger partial charge is 0.249 e. The van der Waals surface area contributed by atoms with Gasteiger partial charge >= 0.3 is 0 Å². The fourth-order valence-electron chi connectivity index (χ4n) is 3.70. The van der Waals surface area contributed by atoms with Gasteiger partial charge in [0.05, 0.1) is 24.0 Å². The minimum Gasteiger partial charge on any atom is -0.355 e. The molecule has 1 aliphatic heterocycles. The summed E-state index contributed by atoms with van der Waals surface area (Å²) in [6, 6.07) is 0. The Labute approximate surface area is 185 Å². The number of hydroxylamine groups is 2. The van der Waals surface area contributed by atoms with Crippen LogP contribution in [-0.2, 0) is 24.1 Å². The van der Waals surface area contributed by atoms with E-state index in [2.05, 4.69) is 21.6 Å². The summed E-state index contributed by atoms with van der Waals surface area (Å²) in [4.78, 5) is 48.8. The van der Waals surface area contributed by atoms with Gasteiger partial charge in [0.1, 0.15) is 0 Å². The van der Waals surface area contributed by atoms with Crippen molar-refractivity contribution in [2.45, 2.75) is 78.9 Å². The van der Waals surface area contributed by atoms with Gasteiger partial charge < -0.3 is 10.6 Å². The van der Waals surface area contributed by atoms with Gasteiger partial charge in [0, 0.05) is 18.5 Å². The molecule has 0 unspecified atom stereocenters. The lowest BCUT2D eigenvalue weighted by atomic mass is 9.86. The van der Waals surface area contributed by atoms with Crippen LogP contribution in [0.1, 0.15) is 66.7 Å². The summed E-state index contributed by atoms with van der Waals surface area (Å²) in [7, 11) is 0. The lowest BCUT2D eigenvalue weighted by Gasteiger charge is -2.33. The van der Waals surface area contributed by atoms with Crippen LogP contribution >= 0.6 is 0 Å². The Morgan fingerprint density at radius 2 is 1.58 bits per heavy atom. The van der Waals surface area contributed by atoms with Gasteiger partial charge in [0.15, 0.2) is 0 Å². The van der Waals surface area contributed by atoms with Crippen molar-refractivity contribution in [3.05, 3.63) is 0 Å². The van der Waals surface area contributed by atoms with Gasteiger partial charge in [-0.3, -0.25) is 24.1 Å². The molecule has 4 atom stereocenters. The van der Waals surface area contributed by atoms with Crippen molar-refractivity contribution in [2.24, 2.45) is 23.2 Å². The highest BCUT2D eigenvalue weighted by atomic mass is 16.7. The van der Waals surface area contributed by atoms with Crippen molar-refractivity contribution in [2.75, 3.05) is 19.6 Å². The summed E-state index contributed by atoms with van der Waals surface area (Å²) < 4.78 is 0. The van der Waals surface area contributed by atoms with E-state index in [1.54, 1.807) is 20.8 Å². The summed E-state index contributed by atoms with van der Waals surface area (Å²) in [5.41, 5.74) is 4.51. The van der Waals surface area contributed by atoms with E-state index in [4.69, 9.17) is 9.68 Å². The first-order valence-corrected chi connectivity index (χ1v) is 11.5. The average molecular weight is 441 g/mol. The minimum atomic E-state index is -0.574. The molecule has 0 spiro atoms. The molecular weight excluding hydrogens is 400 g/mol. The van der Waals surface area contributed by atoms with Gasteiger partial charge in [-0.2, -0.15) is 0 Å². The number of hydrogen-bond acceptors (Lipinski definition) is 6. The molecule has 9 heteroatoms. The van der Waals surface area contributed by atoms with E-state index in [1.807, 2.05) is 13.8 Å². The van der Waals surface area contributed by atoms with Gasteiger partial charge in [0.2, 0.25) is 17.7 Å². The molecule has 2 rings (SSSR count). The van der Waals surface area contributed by atoms with Gasteiger partial charge in [0.25, 0.3) is 0 Å². The maximum atomic E-state index is 12.8. The average Bonchev–Trinajstić information content (AvgIpc) is 2.73. The molecule has 31 heavy (non-hydrogen) atoms. The van der Waals surface area contributed by atoms with E-state index in [0.717, 1.165) is 19.4 Å². The van der Waals surface area contributed by atoms with Gasteiger partial charge in [-0.1, -0.05) is 47.5 Å². The summed E-state index contributed by atoms with van der Waals surface area (Å²) >= 11 is 0. The van der Waals surface area contributed by atoms with Crippen LogP contribution in [0, 0.1) is 23.2 Å². The van der Waals surface area contributed by atoms with Crippen molar-refractivity contribution in [1.29, 1.82) is 0 Å². The van der Waals surface area contributed by atoms with Crippen LogP contribution in [0.3, 0.4) is 0 Å². The molecule has 9 nitrogen and oxygen atoms in total. The molecule has 4 N–H and O–H groups in total. The lowest BCUT2D eigenvalue weighted by molar-refractivity contribution is -0.166. The topological polar surface area (TPSA) is 118 Å². The molecule has 1 aliphatic carbocycles. The van der Waals surface area contributed by atoms with Crippen molar-refractivity contribution in [1.82, 2.24) is 21.6 Å². The summed E-state index contributed by atoms with van der Waals surface area (Å²) in [5.74, 6) is -0.972. The first kappa shape index (κ1) is 25.5. The molecule has 1 heterocycles. The molecule has 1 saturated heterocycles. The van der Waals surface area contributed by atoms with Crippen molar-refractivity contribution in [3.8, 4) is 0 Å². The van der Waals surface area contributed by atoms with Crippen molar-refractivity contribution in [3.63, 3.8) is 0 Å². The zero-order chi connectivity index (χ0) is 23.0. The predicted molar refractivity (Wildman–Crippen MR) is 116 cm³/mol. The van der Waals surface area contributed by atoms with Gasteiger partial charge in [-0.25, -0.2) is 11.0 Å². The SMILES string of the molecule is CC(C)CNC(=O)[C@@H]1CNCC[C@H]1ONC(=O)[C@@H]1CCCC[C@H]1ONC(=O)C(C)(C)C. The molecule has 0 aromatic carbocycles. The predicted octanol–water partition coefficient (Wildman–Crippen LogP) is 1.44. The number of rotatable bonds is 8. The number of hydrogen-bond donors (Lipinski definition) is 4. The maximum absolute atomic E-state index is 12.8. The maximum Gasteiger partial charge on any atom is 0.249 e. The van der Waals surface area contributed by atoms with Gasteiger partial charge in [-0.05, 0) is 31.7 Å².